The van der Waals surface area contributed by atoms with E-state index in [1.807, 2.05) is 13.0 Å². The van der Waals surface area contributed by atoms with Crippen LogP contribution in [0.5, 0.6) is 5.88 Å². The number of fused-ring (bicyclic) bond motifs is 2. The molecule has 0 spiro atoms. The molecule has 0 atom stereocenters. The Balaban J connectivity index is 1.68. The van der Waals surface area contributed by atoms with E-state index in [1.165, 1.54) is 18.0 Å². The molecule has 0 amide bonds. The molecule has 0 aliphatic carbocycles. The van der Waals surface area contributed by atoms with Crippen molar-refractivity contribution in [2.45, 2.75) is 19.9 Å². The lowest BCUT2D eigenvalue weighted by atomic mass is 10.0. The number of halogens is 1. The van der Waals surface area contributed by atoms with Crippen LogP contribution in [0.3, 0.4) is 0 Å². The Kier molecular flexibility index (Phi) is 4.12. The highest BCUT2D eigenvalue weighted by Gasteiger charge is 2.26. The zero-order valence-corrected chi connectivity index (χ0v) is 16.1. The van der Waals surface area contributed by atoms with E-state index in [0.717, 1.165) is 24.3 Å². The molecule has 0 unspecified atom stereocenters. The minimum absolute atomic E-state index is 0.322. The Bertz CT molecular complexity index is 1210. The van der Waals surface area contributed by atoms with Gasteiger partial charge in [-0.3, -0.25) is 0 Å². The van der Waals surface area contributed by atoms with Crippen LogP contribution in [0.2, 0.25) is 0 Å². The van der Waals surface area contributed by atoms with Crippen molar-refractivity contribution in [3.05, 3.63) is 65.6 Å². The predicted octanol–water partition coefficient (Wildman–Crippen LogP) is 3.21. The van der Waals surface area contributed by atoms with Gasteiger partial charge in [0.15, 0.2) is 5.82 Å². The number of benzene rings is 1. The van der Waals surface area contributed by atoms with Crippen LogP contribution in [0.1, 0.15) is 17.0 Å². The van der Waals surface area contributed by atoms with Crippen molar-refractivity contribution in [2.75, 3.05) is 18.6 Å². The van der Waals surface area contributed by atoms with Gasteiger partial charge in [-0.2, -0.15) is 5.10 Å². The number of hydrogen-bond acceptors (Lipinski definition) is 6. The second-order valence-electron chi connectivity index (χ2n) is 6.96. The third-order valence-electron chi connectivity index (χ3n) is 5.31. The zero-order valence-electron chi connectivity index (χ0n) is 16.1. The first-order valence-corrected chi connectivity index (χ1v) is 9.38. The number of pyridine rings is 1. The number of rotatable bonds is 3. The molecule has 0 N–H and O–H groups in total. The van der Waals surface area contributed by atoms with Crippen molar-refractivity contribution in [3.8, 4) is 17.1 Å². The van der Waals surface area contributed by atoms with Crippen molar-refractivity contribution >= 4 is 11.3 Å². The smallest absolute Gasteiger partial charge is 0.218 e. The van der Waals surface area contributed by atoms with Crippen molar-refractivity contribution in [1.82, 2.24) is 24.6 Å². The first-order chi connectivity index (χ1) is 14.2. The molecule has 0 fully saturated rings. The quantitative estimate of drug-likeness (QED) is 0.535. The maximum absolute atomic E-state index is 14.6. The van der Waals surface area contributed by atoms with E-state index in [2.05, 4.69) is 25.0 Å². The first kappa shape index (κ1) is 17.5. The molecule has 29 heavy (non-hydrogen) atoms. The molecule has 1 aromatic carbocycles. The predicted molar refractivity (Wildman–Crippen MR) is 106 cm³/mol. The van der Waals surface area contributed by atoms with Crippen LogP contribution < -0.4 is 9.64 Å². The van der Waals surface area contributed by atoms with Gasteiger partial charge in [0.1, 0.15) is 29.2 Å². The van der Waals surface area contributed by atoms with E-state index < -0.39 is 0 Å². The molecule has 1 aliphatic rings. The van der Waals surface area contributed by atoms with Gasteiger partial charge in [-0.1, -0.05) is 12.1 Å². The van der Waals surface area contributed by atoms with Gasteiger partial charge in [0.25, 0.3) is 0 Å². The van der Waals surface area contributed by atoms with Crippen LogP contribution in [-0.2, 0) is 13.0 Å². The molecule has 4 aromatic rings. The first-order valence-electron chi connectivity index (χ1n) is 9.38. The van der Waals surface area contributed by atoms with E-state index >= 15 is 0 Å². The maximum atomic E-state index is 14.6. The topological polar surface area (TPSA) is 68.4 Å². The van der Waals surface area contributed by atoms with Crippen molar-refractivity contribution < 1.29 is 9.13 Å². The molecule has 146 valence electrons. The molecule has 5 rings (SSSR count). The molecular weight excluding hydrogens is 371 g/mol. The van der Waals surface area contributed by atoms with Crippen LogP contribution in [-0.4, -0.2) is 38.2 Å². The summed E-state index contributed by atoms with van der Waals surface area (Å²) < 4.78 is 21.7. The average molecular weight is 390 g/mol. The monoisotopic (exact) mass is 390 g/mol. The maximum Gasteiger partial charge on any atom is 0.218 e. The number of methoxy groups -OCH3 is 1. The third-order valence-corrected chi connectivity index (χ3v) is 5.31. The molecular formula is C21H19FN6O. The fourth-order valence-corrected chi connectivity index (χ4v) is 3.93. The molecule has 4 heterocycles. The van der Waals surface area contributed by atoms with Gasteiger partial charge in [0.05, 0.1) is 13.7 Å². The van der Waals surface area contributed by atoms with Crippen LogP contribution in [0.4, 0.5) is 10.2 Å². The second-order valence-corrected chi connectivity index (χ2v) is 6.96. The summed E-state index contributed by atoms with van der Waals surface area (Å²) >= 11 is 0. The van der Waals surface area contributed by atoms with Gasteiger partial charge >= 0.3 is 0 Å². The van der Waals surface area contributed by atoms with Crippen LogP contribution in [0.25, 0.3) is 16.8 Å². The Morgan fingerprint density at radius 2 is 2.00 bits per heavy atom. The van der Waals surface area contributed by atoms with Gasteiger partial charge in [-0.05, 0) is 37.1 Å². The number of aryl methyl sites for hydroxylation is 1. The zero-order chi connectivity index (χ0) is 20.0. The van der Waals surface area contributed by atoms with Crippen LogP contribution in [0.15, 0.2) is 42.9 Å². The molecule has 1 aliphatic heterocycles. The number of imidazole rings is 1. The fourth-order valence-electron chi connectivity index (χ4n) is 3.93. The summed E-state index contributed by atoms with van der Waals surface area (Å²) in [5.41, 5.74) is 3.94. The lowest BCUT2D eigenvalue weighted by Gasteiger charge is -2.30. The number of nitrogens with zero attached hydrogens (tertiary/aromatic N) is 6. The fraction of sp³-hybridized carbons (Fsp3) is 0.238. The summed E-state index contributed by atoms with van der Waals surface area (Å²) in [6, 6.07) is 8.66. The van der Waals surface area contributed by atoms with Gasteiger partial charge < -0.3 is 9.64 Å². The largest absolute Gasteiger partial charge is 0.481 e. The molecule has 0 saturated carbocycles. The Hall–Kier alpha value is -3.55. The molecule has 0 radical (unpaired) electrons. The number of aromatic nitrogens is 5. The summed E-state index contributed by atoms with van der Waals surface area (Å²) in [5, 5.41) is 4.35. The summed E-state index contributed by atoms with van der Waals surface area (Å²) in [5.74, 6) is 1.70. The molecule has 0 bridgehead atoms. The normalized spacial score (nSPS) is 13.6. The van der Waals surface area contributed by atoms with Crippen LogP contribution in [0, 0.1) is 12.7 Å². The van der Waals surface area contributed by atoms with E-state index in [0.29, 0.717) is 35.0 Å². The van der Waals surface area contributed by atoms with Crippen molar-refractivity contribution in [2.24, 2.45) is 0 Å². The molecule has 0 saturated heterocycles. The summed E-state index contributed by atoms with van der Waals surface area (Å²) in [6.07, 6.45) is 4.12. The standard InChI is InChI=1S/C21H19FN6O/c1-13-26-18(15-5-3-4-6-17(15)22)19-20(24-12-25-28(13)19)27-10-8-14-7-9-23-21(29-2)16(14)11-27/h3-7,9,12H,8,10-11H2,1-2H3. The third kappa shape index (κ3) is 2.79. The van der Waals surface area contributed by atoms with Crippen molar-refractivity contribution in [3.63, 3.8) is 0 Å². The van der Waals surface area contributed by atoms with E-state index in [-0.39, 0.29) is 5.82 Å². The van der Waals surface area contributed by atoms with Crippen molar-refractivity contribution in [1.29, 1.82) is 0 Å². The Labute approximate surface area is 166 Å². The summed E-state index contributed by atoms with van der Waals surface area (Å²) in [4.78, 5) is 15.7. The van der Waals surface area contributed by atoms with Gasteiger partial charge in [0.2, 0.25) is 5.88 Å². The van der Waals surface area contributed by atoms with Gasteiger partial charge in [-0.25, -0.2) is 23.9 Å². The lowest BCUT2D eigenvalue weighted by molar-refractivity contribution is 0.389. The minimum atomic E-state index is -0.322. The summed E-state index contributed by atoms with van der Waals surface area (Å²) in [6.45, 7) is 3.22. The highest BCUT2D eigenvalue weighted by molar-refractivity contribution is 5.86. The lowest BCUT2D eigenvalue weighted by Crippen LogP contribution is -2.32. The van der Waals surface area contributed by atoms with E-state index in [9.17, 15) is 4.39 Å². The van der Waals surface area contributed by atoms with Gasteiger partial charge in [0, 0.05) is 23.9 Å². The SMILES string of the molecule is COc1nccc2c1CN(c1ncnn3c(C)nc(-c4ccccc4F)c13)CC2. The van der Waals surface area contributed by atoms with Crippen LogP contribution >= 0.6 is 0 Å². The minimum Gasteiger partial charge on any atom is -0.481 e. The average Bonchev–Trinajstić information content (AvgIpc) is 3.10. The Morgan fingerprint density at radius 1 is 1.14 bits per heavy atom. The molecule has 3 aromatic heterocycles. The van der Waals surface area contributed by atoms with E-state index in [1.54, 1.807) is 36.0 Å². The summed E-state index contributed by atoms with van der Waals surface area (Å²) in [7, 11) is 1.63. The van der Waals surface area contributed by atoms with Gasteiger partial charge in [-0.15, -0.1) is 0 Å². The number of ether oxygens (including phenoxy) is 1. The highest BCUT2D eigenvalue weighted by atomic mass is 19.1. The molecule has 7 nitrogen and oxygen atoms in total. The highest BCUT2D eigenvalue weighted by Crippen LogP contribution is 2.35. The second kappa shape index (κ2) is 6.80. The number of anilines is 1. The Morgan fingerprint density at radius 3 is 2.83 bits per heavy atom. The molecule has 8 heteroatoms. The van der Waals surface area contributed by atoms with E-state index in [4.69, 9.17) is 4.74 Å². The number of hydrogen-bond donors (Lipinski definition) is 0.